The van der Waals surface area contributed by atoms with E-state index in [1.54, 1.807) is 0 Å². The highest BCUT2D eigenvalue weighted by Crippen LogP contribution is 2.30. The van der Waals surface area contributed by atoms with E-state index in [-0.39, 0.29) is 23.9 Å². The van der Waals surface area contributed by atoms with Crippen molar-refractivity contribution in [3.05, 3.63) is 35.8 Å². The second-order valence-corrected chi connectivity index (χ2v) is 7.19. The van der Waals surface area contributed by atoms with E-state index in [0.29, 0.717) is 12.1 Å². The van der Waals surface area contributed by atoms with Gasteiger partial charge in [0, 0.05) is 31.9 Å². The van der Waals surface area contributed by atoms with E-state index in [0.717, 1.165) is 43.6 Å². The summed E-state index contributed by atoms with van der Waals surface area (Å²) in [5, 5.41) is 0. The van der Waals surface area contributed by atoms with Crippen molar-refractivity contribution < 1.29 is 9.59 Å². The lowest BCUT2D eigenvalue weighted by atomic mass is 9.92. The summed E-state index contributed by atoms with van der Waals surface area (Å²) in [6.07, 6.45) is 6.05. The number of likely N-dealkylation sites (tertiary alicyclic amines) is 2. The van der Waals surface area contributed by atoms with Crippen molar-refractivity contribution in [3.63, 3.8) is 0 Å². The van der Waals surface area contributed by atoms with Crippen LogP contribution in [0, 0.1) is 6.92 Å². The van der Waals surface area contributed by atoms with Crippen molar-refractivity contribution in [2.45, 2.75) is 51.1 Å². The molecule has 0 spiro atoms. The van der Waals surface area contributed by atoms with Crippen molar-refractivity contribution in [1.29, 1.82) is 0 Å². The van der Waals surface area contributed by atoms with E-state index < -0.39 is 0 Å². The molecule has 2 atom stereocenters. The second kappa shape index (κ2) is 6.17. The number of aromatic nitrogens is 2. The molecule has 132 valence electrons. The normalized spacial score (nSPS) is 24.3. The van der Waals surface area contributed by atoms with Gasteiger partial charge in [-0.15, -0.1) is 0 Å². The lowest BCUT2D eigenvalue weighted by molar-refractivity contribution is -0.132. The van der Waals surface area contributed by atoms with Crippen LogP contribution in [0.15, 0.2) is 24.4 Å². The van der Waals surface area contributed by atoms with Crippen LogP contribution in [0.4, 0.5) is 0 Å². The van der Waals surface area contributed by atoms with Crippen LogP contribution in [0.25, 0.3) is 5.65 Å². The van der Waals surface area contributed by atoms with Crippen LogP contribution in [0.5, 0.6) is 0 Å². The first-order valence-corrected chi connectivity index (χ1v) is 9.07. The molecule has 0 N–H and O–H groups in total. The Labute approximate surface area is 147 Å². The summed E-state index contributed by atoms with van der Waals surface area (Å²) in [5.41, 5.74) is 2.35. The number of carbonyl (C=O) groups excluding carboxylic acids is 2. The van der Waals surface area contributed by atoms with Gasteiger partial charge >= 0.3 is 0 Å². The highest BCUT2D eigenvalue weighted by molar-refractivity contribution is 5.93. The first-order valence-electron chi connectivity index (χ1n) is 9.07. The highest BCUT2D eigenvalue weighted by atomic mass is 16.2. The van der Waals surface area contributed by atoms with Crippen molar-refractivity contribution >= 4 is 17.5 Å². The predicted molar refractivity (Wildman–Crippen MR) is 94.4 cm³/mol. The van der Waals surface area contributed by atoms with Gasteiger partial charge in [-0.05, 0) is 44.7 Å². The molecule has 0 aliphatic carbocycles. The Balaban J connectivity index is 1.66. The number of aryl methyl sites for hydroxylation is 1. The molecule has 25 heavy (non-hydrogen) atoms. The number of piperidine rings is 1. The average molecular weight is 340 g/mol. The molecule has 2 aromatic rings. The van der Waals surface area contributed by atoms with Gasteiger partial charge in [0.15, 0.2) is 0 Å². The molecule has 4 heterocycles. The van der Waals surface area contributed by atoms with Gasteiger partial charge in [0.1, 0.15) is 11.3 Å². The van der Waals surface area contributed by atoms with Gasteiger partial charge in [-0.3, -0.25) is 9.59 Å². The third-order valence-corrected chi connectivity index (χ3v) is 5.70. The van der Waals surface area contributed by atoms with Crippen molar-refractivity contribution in [2.75, 3.05) is 13.6 Å². The lowest BCUT2D eigenvalue weighted by Crippen LogP contribution is -2.56. The Kier molecular flexibility index (Phi) is 3.98. The van der Waals surface area contributed by atoms with Crippen LogP contribution < -0.4 is 0 Å². The molecule has 0 radical (unpaired) electrons. The third kappa shape index (κ3) is 2.69. The molecule has 2 aromatic heterocycles. The van der Waals surface area contributed by atoms with E-state index in [2.05, 4.69) is 4.98 Å². The zero-order valence-corrected chi connectivity index (χ0v) is 14.8. The number of hydrogen-bond acceptors (Lipinski definition) is 3. The molecule has 6 heteroatoms. The number of hydrogen-bond donors (Lipinski definition) is 0. The van der Waals surface area contributed by atoms with Crippen LogP contribution in [0.1, 0.15) is 48.3 Å². The minimum Gasteiger partial charge on any atom is -0.341 e. The van der Waals surface area contributed by atoms with E-state index in [1.807, 2.05) is 52.6 Å². The number of amides is 2. The summed E-state index contributed by atoms with van der Waals surface area (Å²) in [6.45, 7) is 2.75. The first-order chi connectivity index (χ1) is 12.1. The smallest absolute Gasteiger partial charge is 0.274 e. The molecular weight excluding hydrogens is 316 g/mol. The standard InChI is InChI=1S/C19H24N4O2/c1-13-6-3-9-17-20-14(12-23(13)17)19(25)22-11-5-8-15-16(22)7-4-10-18(24)21(15)2/h3,6,9,12,15-16H,4-5,7-8,10-11H2,1-2H3/t15-,16-/m1/s1. The van der Waals surface area contributed by atoms with Crippen LogP contribution in [-0.2, 0) is 4.79 Å². The molecule has 2 amide bonds. The van der Waals surface area contributed by atoms with Crippen LogP contribution >= 0.6 is 0 Å². The highest BCUT2D eigenvalue weighted by Gasteiger charge is 2.40. The van der Waals surface area contributed by atoms with Gasteiger partial charge in [0.2, 0.25) is 5.91 Å². The zero-order chi connectivity index (χ0) is 17.6. The summed E-state index contributed by atoms with van der Waals surface area (Å²) in [4.78, 5) is 33.7. The number of nitrogens with zero attached hydrogens (tertiary/aromatic N) is 4. The Morgan fingerprint density at radius 1 is 1.20 bits per heavy atom. The molecule has 2 aliphatic rings. The van der Waals surface area contributed by atoms with E-state index >= 15 is 0 Å². The van der Waals surface area contributed by atoms with Gasteiger partial charge in [0.25, 0.3) is 5.91 Å². The summed E-state index contributed by atoms with van der Waals surface area (Å²) in [7, 11) is 1.88. The first kappa shape index (κ1) is 16.1. The average Bonchev–Trinajstić information content (AvgIpc) is 3.00. The fourth-order valence-electron chi connectivity index (χ4n) is 4.31. The van der Waals surface area contributed by atoms with Crippen molar-refractivity contribution in [3.8, 4) is 0 Å². The lowest BCUT2D eigenvalue weighted by Gasteiger charge is -2.43. The predicted octanol–water partition coefficient (Wildman–Crippen LogP) is 2.26. The van der Waals surface area contributed by atoms with Crippen molar-refractivity contribution in [1.82, 2.24) is 19.2 Å². The number of rotatable bonds is 1. The van der Waals surface area contributed by atoms with Crippen LogP contribution in [0.2, 0.25) is 0 Å². The molecule has 0 aromatic carbocycles. The van der Waals surface area contributed by atoms with Crippen molar-refractivity contribution in [2.24, 2.45) is 0 Å². The summed E-state index contributed by atoms with van der Waals surface area (Å²) >= 11 is 0. The molecule has 2 fully saturated rings. The van der Waals surface area contributed by atoms with E-state index in [9.17, 15) is 9.59 Å². The van der Waals surface area contributed by atoms with Crippen LogP contribution in [0.3, 0.4) is 0 Å². The quantitative estimate of drug-likeness (QED) is 0.800. The summed E-state index contributed by atoms with van der Waals surface area (Å²) < 4.78 is 1.96. The number of carbonyl (C=O) groups is 2. The topological polar surface area (TPSA) is 57.9 Å². The molecule has 4 rings (SSSR count). The van der Waals surface area contributed by atoms with Gasteiger partial charge in [-0.25, -0.2) is 4.98 Å². The molecule has 0 bridgehead atoms. The molecule has 2 saturated heterocycles. The van der Waals surface area contributed by atoms with E-state index in [1.165, 1.54) is 0 Å². The number of likely N-dealkylation sites (N-methyl/N-ethyl adjacent to an activating group) is 1. The largest absolute Gasteiger partial charge is 0.341 e. The minimum atomic E-state index is -0.0134. The Morgan fingerprint density at radius 2 is 2.00 bits per heavy atom. The zero-order valence-electron chi connectivity index (χ0n) is 14.8. The maximum Gasteiger partial charge on any atom is 0.274 e. The monoisotopic (exact) mass is 340 g/mol. The SMILES string of the molecule is Cc1cccc2nc(C(=O)N3CCC[C@@H]4[C@H]3CCCC(=O)N4C)cn12. The molecule has 0 saturated carbocycles. The Morgan fingerprint density at radius 3 is 2.80 bits per heavy atom. The number of pyridine rings is 1. The minimum absolute atomic E-state index is 0.0134. The maximum absolute atomic E-state index is 13.2. The number of imidazole rings is 1. The third-order valence-electron chi connectivity index (χ3n) is 5.70. The fourth-order valence-corrected chi connectivity index (χ4v) is 4.31. The van der Waals surface area contributed by atoms with Crippen LogP contribution in [-0.4, -0.2) is 56.7 Å². The Bertz CT molecular complexity index is 828. The Hall–Kier alpha value is -2.37. The molecule has 6 nitrogen and oxygen atoms in total. The maximum atomic E-state index is 13.2. The summed E-state index contributed by atoms with van der Waals surface area (Å²) in [5.74, 6) is 0.186. The van der Waals surface area contributed by atoms with E-state index in [4.69, 9.17) is 0 Å². The van der Waals surface area contributed by atoms with Gasteiger partial charge < -0.3 is 14.2 Å². The van der Waals surface area contributed by atoms with Gasteiger partial charge in [0.05, 0.1) is 12.1 Å². The molecule has 0 unspecified atom stereocenters. The fraction of sp³-hybridized carbons (Fsp3) is 0.526. The molecular formula is C19H24N4O2. The summed E-state index contributed by atoms with van der Waals surface area (Å²) in [6, 6.07) is 6.11. The van der Waals surface area contributed by atoms with Gasteiger partial charge in [-0.1, -0.05) is 6.07 Å². The number of fused-ring (bicyclic) bond motifs is 2. The molecule has 2 aliphatic heterocycles. The van der Waals surface area contributed by atoms with Gasteiger partial charge in [-0.2, -0.15) is 0 Å². The second-order valence-electron chi connectivity index (χ2n) is 7.19.